The molecule has 1 aromatic rings. The monoisotopic (exact) mass is 240 g/mol. The molecule has 1 aromatic carbocycles. The van der Waals surface area contributed by atoms with Crippen LogP contribution >= 0.6 is 0 Å². The van der Waals surface area contributed by atoms with Crippen LogP contribution in [0.25, 0.3) is 0 Å². The summed E-state index contributed by atoms with van der Waals surface area (Å²) in [6.45, 7) is 5.52. The molecular formula is C11H16N2O2S. The molecule has 0 aromatic heterocycles. The topological polar surface area (TPSA) is 72.2 Å². The SMILES string of the molecule is C=CCNS(=O)(=O)c1ccc(C(C)N)cc1. The summed E-state index contributed by atoms with van der Waals surface area (Å²) < 4.78 is 25.8. The van der Waals surface area contributed by atoms with Crippen LogP contribution in [-0.4, -0.2) is 15.0 Å². The van der Waals surface area contributed by atoms with Gasteiger partial charge in [0, 0.05) is 12.6 Å². The molecule has 0 aliphatic carbocycles. The summed E-state index contributed by atoms with van der Waals surface area (Å²) in [7, 11) is -3.43. The molecule has 1 rings (SSSR count). The van der Waals surface area contributed by atoms with Crippen LogP contribution in [0.2, 0.25) is 0 Å². The number of sulfonamides is 1. The Morgan fingerprint density at radius 3 is 2.44 bits per heavy atom. The average Bonchev–Trinajstić information content (AvgIpc) is 2.26. The smallest absolute Gasteiger partial charge is 0.240 e. The first-order chi connectivity index (χ1) is 7.47. The molecule has 0 saturated carbocycles. The largest absolute Gasteiger partial charge is 0.324 e. The van der Waals surface area contributed by atoms with Crippen LogP contribution in [0.1, 0.15) is 18.5 Å². The Morgan fingerprint density at radius 2 is 2.00 bits per heavy atom. The summed E-state index contributed by atoms with van der Waals surface area (Å²) >= 11 is 0. The van der Waals surface area contributed by atoms with Crippen LogP contribution in [-0.2, 0) is 10.0 Å². The Labute approximate surface area is 96.2 Å². The molecule has 16 heavy (non-hydrogen) atoms. The van der Waals surface area contributed by atoms with Gasteiger partial charge in [-0.25, -0.2) is 13.1 Å². The highest BCUT2D eigenvalue weighted by Gasteiger charge is 2.12. The first-order valence-electron chi connectivity index (χ1n) is 4.93. The number of benzene rings is 1. The first-order valence-corrected chi connectivity index (χ1v) is 6.42. The minimum atomic E-state index is -3.43. The van der Waals surface area contributed by atoms with Crippen molar-refractivity contribution in [2.75, 3.05) is 6.54 Å². The Morgan fingerprint density at radius 1 is 1.44 bits per heavy atom. The maximum atomic E-state index is 11.7. The second-order valence-corrected chi connectivity index (χ2v) is 5.27. The molecule has 0 aliphatic heterocycles. The molecule has 3 N–H and O–H groups in total. The van der Waals surface area contributed by atoms with Crippen molar-refractivity contribution in [3.63, 3.8) is 0 Å². The van der Waals surface area contributed by atoms with Gasteiger partial charge < -0.3 is 5.73 Å². The maximum absolute atomic E-state index is 11.7. The molecule has 0 radical (unpaired) electrons. The third-order valence-electron chi connectivity index (χ3n) is 2.13. The van der Waals surface area contributed by atoms with E-state index in [9.17, 15) is 8.42 Å². The van der Waals surface area contributed by atoms with Crippen LogP contribution in [0.5, 0.6) is 0 Å². The van der Waals surface area contributed by atoms with Gasteiger partial charge in [-0.05, 0) is 24.6 Å². The van der Waals surface area contributed by atoms with Gasteiger partial charge in [0.05, 0.1) is 4.90 Å². The van der Waals surface area contributed by atoms with Gasteiger partial charge in [0.2, 0.25) is 10.0 Å². The zero-order valence-corrected chi connectivity index (χ0v) is 10.00. The third kappa shape index (κ3) is 3.16. The zero-order valence-electron chi connectivity index (χ0n) is 9.18. The molecule has 0 fully saturated rings. The lowest BCUT2D eigenvalue weighted by molar-refractivity contribution is 0.585. The molecule has 1 unspecified atom stereocenters. The maximum Gasteiger partial charge on any atom is 0.240 e. The van der Waals surface area contributed by atoms with E-state index in [4.69, 9.17) is 5.73 Å². The van der Waals surface area contributed by atoms with Crippen LogP contribution in [0.15, 0.2) is 41.8 Å². The average molecular weight is 240 g/mol. The number of hydrogen-bond donors (Lipinski definition) is 2. The molecular weight excluding hydrogens is 224 g/mol. The second-order valence-electron chi connectivity index (χ2n) is 3.50. The highest BCUT2D eigenvalue weighted by molar-refractivity contribution is 7.89. The van der Waals surface area contributed by atoms with E-state index in [1.165, 1.54) is 6.08 Å². The summed E-state index contributed by atoms with van der Waals surface area (Å²) in [5, 5.41) is 0. The minimum Gasteiger partial charge on any atom is -0.324 e. The van der Waals surface area contributed by atoms with Crippen LogP contribution in [0.3, 0.4) is 0 Å². The van der Waals surface area contributed by atoms with Gasteiger partial charge in [0.1, 0.15) is 0 Å². The third-order valence-corrected chi connectivity index (χ3v) is 3.57. The van der Waals surface area contributed by atoms with E-state index in [1.807, 2.05) is 6.92 Å². The molecule has 88 valence electrons. The summed E-state index contributed by atoms with van der Waals surface area (Å²) in [5.41, 5.74) is 6.58. The fourth-order valence-corrected chi connectivity index (χ4v) is 2.20. The Kier molecular flexibility index (Phi) is 4.23. The van der Waals surface area contributed by atoms with Gasteiger partial charge in [0.15, 0.2) is 0 Å². The Bertz CT molecular complexity index is 449. The van der Waals surface area contributed by atoms with E-state index in [0.717, 1.165) is 5.56 Å². The molecule has 1 atom stereocenters. The normalized spacial score (nSPS) is 13.4. The van der Waals surface area contributed by atoms with E-state index < -0.39 is 10.0 Å². The van der Waals surface area contributed by atoms with Crippen molar-refractivity contribution in [1.82, 2.24) is 4.72 Å². The summed E-state index contributed by atoms with van der Waals surface area (Å²) in [5.74, 6) is 0. The van der Waals surface area contributed by atoms with Crippen molar-refractivity contribution >= 4 is 10.0 Å². The van der Waals surface area contributed by atoms with Gasteiger partial charge in [-0.2, -0.15) is 0 Å². The number of nitrogens with two attached hydrogens (primary N) is 1. The quantitative estimate of drug-likeness (QED) is 0.759. The lowest BCUT2D eigenvalue weighted by Crippen LogP contribution is -2.23. The summed E-state index contributed by atoms with van der Waals surface area (Å²) in [6.07, 6.45) is 1.49. The highest BCUT2D eigenvalue weighted by atomic mass is 32.2. The van der Waals surface area contributed by atoms with Gasteiger partial charge in [-0.15, -0.1) is 6.58 Å². The highest BCUT2D eigenvalue weighted by Crippen LogP contribution is 2.14. The van der Waals surface area contributed by atoms with Crippen LogP contribution in [0.4, 0.5) is 0 Å². The Balaban J connectivity index is 2.93. The van der Waals surface area contributed by atoms with Crippen molar-refractivity contribution in [1.29, 1.82) is 0 Å². The molecule has 0 amide bonds. The van der Waals surface area contributed by atoms with Crippen molar-refractivity contribution in [2.24, 2.45) is 5.73 Å². The van der Waals surface area contributed by atoms with Crippen molar-refractivity contribution in [3.8, 4) is 0 Å². The van der Waals surface area contributed by atoms with Crippen LogP contribution in [0, 0.1) is 0 Å². The van der Waals surface area contributed by atoms with Crippen LogP contribution < -0.4 is 10.5 Å². The molecule has 0 heterocycles. The lowest BCUT2D eigenvalue weighted by Gasteiger charge is -2.08. The van der Waals surface area contributed by atoms with Gasteiger partial charge >= 0.3 is 0 Å². The van der Waals surface area contributed by atoms with E-state index in [-0.39, 0.29) is 17.5 Å². The predicted molar refractivity (Wildman–Crippen MR) is 64.4 cm³/mol. The summed E-state index contributed by atoms with van der Waals surface area (Å²) in [4.78, 5) is 0.235. The standard InChI is InChI=1S/C11H16N2O2S/c1-3-8-13-16(14,15)11-6-4-10(5-7-11)9(2)12/h3-7,9,13H,1,8,12H2,2H3. The van der Waals surface area contributed by atoms with Gasteiger partial charge in [-0.1, -0.05) is 18.2 Å². The van der Waals surface area contributed by atoms with Crippen molar-refractivity contribution in [3.05, 3.63) is 42.5 Å². The van der Waals surface area contributed by atoms with Gasteiger partial charge in [-0.3, -0.25) is 0 Å². The number of nitrogens with one attached hydrogen (secondary N) is 1. The number of hydrogen-bond acceptors (Lipinski definition) is 3. The fraction of sp³-hybridized carbons (Fsp3) is 0.273. The molecule has 0 spiro atoms. The van der Waals surface area contributed by atoms with E-state index >= 15 is 0 Å². The first kappa shape index (κ1) is 12.9. The molecule has 4 nitrogen and oxygen atoms in total. The molecule has 0 bridgehead atoms. The van der Waals surface area contributed by atoms with Gasteiger partial charge in [0.25, 0.3) is 0 Å². The van der Waals surface area contributed by atoms with E-state index in [1.54, 1.807) is 24.3 Å². The molecule has 0 saturated heterocycles. The zero-order chi connectivity index (χ0) is 12.2. The summed E-state index contributed by atoms with van der Waals surface area (Å²) in [6, 6.07) is 6.42. The van der Waals surface area contributed by atoms with E-state index in [0.29, 0.717) is 0 Å². The fourth-order valence-electron chi connectivity index (χ4n) is 1.20. The molecule has 5 heteroatoms. The van der Waals surface area contributed by atoms with Crippen molar-refractivity contribution in [2.45, 2.75) is 17.9 Å². The predicted octanol–water partition coefficient (Wildman–Crippen LogP) is 1.17. The lowest BCUT2D eigenvalue weighted by atomic mass is 10.1. The number of rotatable bonds is 5. The minimum absolute atomic E-state index is 0.0992. The van der Waals surface area contributed by atoms with E-state index in [2.05, 4.69) is 11.3 Å². The van der Waals surface area contributed by atoms with Crippen molar-refractivity contribution < 1.29 is 8.42 Å². The molecule has 0 aliphatic rings. The second kappa shape index (κ2) is 5.25. The Hall–Kier alpha value is -1.17.